The van der Waals surface area contributed by atoms with Gasteiger partial charge in [0.15, 0.2) is 0 Å². The van der Waals surface area contributed by atoms with Gasteiger partial charge in [-0.05, 0) is 44.5 Å². The van der Waals surface area contributed by atoms with Crippen molar-refractivity contribution < 1.29 is 0 Å². The van der Waals surface area contributed by atoms with E-state index in [9.17, 15) is 0 Å². The van der Waals surface area contributed by atoms with E-state index in [0.29, 0.717) is 0 Å². The lowest BCUT2D eigenvalue weighted by molar-refractivity contribution is 1.58. The van der Waals surface area contributed by atoms with Crippen molar-refractivity contribution >= 4 is 24.3 Å². The van der Waals surface area contributed by atoms with Crippen LogP contribution < -0.4 is 0 Å². The van der Waals surface area contributed by atoms with Gasteiger partial charge in [-0.3, -0.25) is 0 Å². The van der Waals surface area contributed by atoms with E-state index < -0.39 is 0 Å². The second-order valence-electron chi connectivity index (χ2n) is 9.46. The van der Waals surface area contributed by atoms with Crippen LogP contribution in [-0.2, 0) is 0 Å². The number of hydrogen-bond donors (Lipinski definition) is 0. The molecule has 192 valence electrons. The molecule has 6 aromatic carbocycles. The van der Waals surface area contributed by atoms with Crippen LogP contribution in [0.2, 0.25) is 0 Å². The highest BCUT2D eigenvalue weighted by Crippen LogP contribution is 2.22. The molecule has 0 aliphatic heterocycles. The second-order valence-corrected chi connectivity index (χ2v) is 9.46. The Balaban J connectivity index is 0.000000223. The minimum atomic E-state index is 1.20. The summed E-state index contributed by atoms with van der Waals surface area (Å²) in [5, 5.41) is 0. The van der Waals surface area contributed by atoms with Crippen molar-refractivity contribution in [2.24, 2.45) is 0 Å². The molecular weight excluding hydrogens is 480 g/mol. The van der Waals surface area contributed by atoms with Gasteiger partial charge in [-0.1, -0.05) is 194 Å². The van der Waals surface area contributed by atoms with Gasteiger partial charge in [0, 0.05) is 0 Å². The Kier molecular flexibility index (Phi) is 9.30. The Morgan fingerprint density at radius 1 is 0.200 bits per heavy atom. The normalized spacial score (nSPS) is 10.8. The maximum absolute atomic E-state index is 2.18. The SMILES string of the molecule is C(=C\c1ccc(-c2ccc(/C=C/c3ccccc3)cc2)cc1)/c1ccccc1.c1ccc(-c2ccccc2)cc1. The van der Waals surface area contributed by atoms with Gasteiger partial charge in [-0.2, -0.15) is 0 Å². The molecule has 0 aromatic heterocycles. The van der Waals surface area contributed by atoms with Crippen LogP contribution in [0, 0.1) is 0 Å². The van der Waals surface area contributed by atoms with Crippen LogP contribution in [0.3, 0.4) is 0 Å². The molecular formula is C40H32. The predicted octanol–water partition coefficient (Wildman–Crippen LogP) is 11.0. The molecule has 0 radical (unpaired) electrons. The average Bonchev–Trinajstić information content (AvgIpc) is 3.05. The highest BCUT2D eigenvalue weighted by Gasteiger charge is 1.98. The Morgan fingerprint density at radius 3 is 0.725 bits per heavy atom. The summed E-state index contributed by atoms with van der Waals surface area (Å²) in [6.45, 7) is 0. The van der Waals surface area contributed by atoms with Gasteiger partial charge in [-0.15, -0.1) is 0 Å². The molecule has 0 amide bonds. The third-order valence-corrected chi connectivity index (χ3v) is 6.57. The van der Waals surface area contributed by atoms with Gasteiger partial charge >= 0.3 is 0 Å². The first kappa shape index (κ1) is 26.4. The van der Waals surface area contributed by atoms with E-state index in [1.165, 1.54) is 44.5 Å². The van der Waals surface area contributed by atoms with Crippen LogP contribution in [0.1, 0.15) is 22.3 Å². The fourth-order valence-corrected chi connectivity index (χ4v) is 4.35. The number of rotatable bonds is 6. The Morgan fingerprint density at radius 2 is 0.425 bits per heavy atom. The standard InChI is InChI=1S/C28H22.C12H10/c1-3-7-23(8-4-1)11-13-25-15-19-27(20-16-25)28-21-17-26(18-22-28)14-12-24-9-5-2-6-10-24;1-3-7-11(8-4-1)12-9-5-2-6-10-12/h1-22H;1-10H/b13-11+,14-12+;. The minimum absolute atomic E-state index is 1.20. The second kappa shape index (κ2) is 14.1. The first-order valence-electron chi connectivity index (χ1n) is 13.6. The molecule has 0 fully saturated rings. The Labute approximate surface area is 238 Å². The summed E-state index contributed by atoms with van der Waals surface area (Å²) >= 11 is 0. The third kappa shape index (κ3) is 7.90. The molecule has 0 unspecified atom stereocenters. The summed E-state index contributed by atoms with van der Waals surface area (Å²) in [6, 6.07) is 58.9. The topological polar surface area (TPSA) is 0 Å². The van der Waals surface area contributed by atoms with E-state index in [0.717, 1.165) is 0 Å². The summed E-state index contributed by atoms with van der Waals surface area (Å²) in [4.78, 5) is 0. The van der Waals surface area contributed by atoms with E-state index in [1.54, 1.807) is 0 Å². The fraction of sp³-hybridized carbons (Fsp3) is 0. The smallest absolute Gasteiger partial charge is 0.0184 e. The van der Waals surface area contributed by atoms with E-state index >= 15 is 0 Å². The molecule has 0 heteroatoms. The summed E-state index contributed by atoms with van der Waals surface area (Å²) in [5.41, 5.74) is 9.85. The van der Waals surface area contributed by atoms with Gasteiger partial charge < -0.3 is 0 Å². The maximum atomic E-state index is 2.18. The van der Waals surface area contributed by atoms with Crippen molar-refractivity contribution in [1.29, 1.82) is 0 Å². The molecule has 0 nitrogen and oxygen atoms in total. The maximum Gasteiger partial charge on any atom is -0.0184 e. The molecule has 0 saturated carbocycles. The van der Waals surface area contributed by atoms with Gasteiger partial charge in [0.1, 0.15) is 0 Å². The first-order chi connectivity index (χ1) is 19.8. The number of benzene rings is 6. The molecule has 0 aliphatic carbocycles. The predicted molar refractivity (Wildman–Crippen MR) is 174 cm³/mol. The Bertz CT molecular complexity index is 1480. The summed E-state index contributed by atoms with van der Waals surface area (Å²) in [5.74, 6) is 0. The first-order valence-corrected chi connectivity index (χ1v) is 13.6. The van der Waals surface area contributed by atoms with Crippen LogP contribution in [0.25, 0.3) is 46.6 Å². The van der Waals surface area contributed by atoms with Crippen molar-refractivity contribution in [2.75, 3.05) is 0 Å². The summed E-state index contributed by atoms with van der Waals surface area (Å²) in [6.07, 6.45) is 8.58. The van der Waals surface area contributed by atoms with Crippen molar-refractivity contribution in [3.8, 4) is 22.3 Å². The van der Waals surface area contributed by atoms with Crippen LogP contribution in [0.15, 0.2) is 170 Å². The molecule has 0 heterocycles. The quantitative estimate of drug-likeness (QED) is 0.195. The molecule has 0 bridgehead atoms. The van der Waals surface area contributed by atoms with Crippen LogP contribution in [-0.4, -0.2) is 0 Å². The van der Waals surface area contributed by atoms with E-state index in [1.807, 2.05) is 24.3 Å². The van der Waals surface area contributed by atoms with Crippen LogP contribution in [0.4, 0.5) is 0 Å². The highest BCUT2D eigenvalue weighted by atomic mass is 14.0. The van der Waals surface area contributed by atoms with E-state index in [4.69, 9.17) is 0 Å². The van der Waals surface area contributed by atoms with Gasteiger partial charge in [0.05, 0.1) is 0 Å². The van der Waals surface area contributed by atoms with Crippen LogP contribution >= 0.6 is 0 Å². The molecule has 0 saturated heterocycles. The number of hydrogen-bond acceptors (Lipinski definition) is 0. The fourth-order valence-electron chi connectivity index (χ4n) is 4.35. The largest absolute Gasteiger partial charge is 0.0622 e. The highest BCUT2D eigenvalue weighted by molar-refractivity contribution is 5.74. The van der Waals surface area contributed by atoms with Gasteiger partial charge in [-0.25, -0.2) is 0 Å². The van der Waals surface area contributed by atoms with Gasteiger partial charge in [0.25, 0.3) is 0 Å². The van der Waals surface area contributed by atoms with Crippen molar-refractivity contribution in [1.82, 2.24) is 0 Å². The zero-order valence-electron chi connectivity index (χ0n) is 22.5. The zero-order valence-corrected chi connectivity index (χ0v) is 22.5. The molecule has 6 aromatic rings. The molecule has 0 aliphatic rings. The van der Waals surface area contributed by atoms with Crippen molar-refractivity contribution in [3.05, 3.63) is 192 Å². The molecule has 40 heavy (non-hydrogen) atoms. The average molecular weight is 513 g/mol. The van der Waals surface area contributed by atoms with E-state index in [-0.39, 0.29) is 0 Å². The lowest BCUT2D eigenvalue weighted by Gasteiger charge is -2.03. The Hall–Kier alpha value is -5.20. The van der Waals surface area contributed by atoms with Crippen molar-refractivity contribution in [2.45, 2.75) is 0 Å². The monoisotopic (exact) mass is 512 g/mol. The molecule has 0 spiro atoms. The molecule has 0 atom stereocenters. The van der Waals surface area contributed by atoms with E-state index in [2.05, 4.69) is 170 Å². The zero-order chi connectivity index (χ0) is 27.2. The lowest BCUT2D eigenvalue weighted by Crippen LogP contribution is -1.80. The van der Waals surface area contributed by atoms with Gasteiger partial charge in [0.2, 0.25) is 0 Å². The lowest BCUT2D eigenvalue weighted by atomic mass is 10.0. The molecule has 6 rings (SSSR count). The summed E-state index contributed by atoms with van der Waals surface area (Å²) < 4.78 is 0. The summed E-state index contributed by atoms with van der Waals surface area (Å²) in [7, 11) is 0. The molecule has 0 N–H and O–H groups in total. The third-order valence-electron chi connectivity index (χ3n) is 6.57. The minimum Gasteiger partial charge on any atom is -0.0622 e. The van der Waals surface area contributed by atoms with Crippen LogP contribution in [0.5, 0.6) is 0 Å². The van der Waals surface area contributed by atoms with Crippen molar-refractivity contribution in [3.63, 3.8) is 0 Å².